The van der Waals surface area contributed by atoms with Crippen molar-refractivity contribution in [1.82, 2.24) is 14.3 Å². The van der Waals surface area contributed by atoms with Crippen LogP contribution >= 0.6 is 11.6 Å². The number of fused-ring (bicyclic) bond motifs is 7. The number of ketones is 1. The summed E-state index contributed by atoms with van der Waals surface area (Å²) in [5.74, 6) is 0.392. The minimum absolute atomic E-state index is 0.0181. The Bertz CT molecular complexity index is 1990. The number of hydrogen-bond donors (Lipinski definition) is 1. The Kier molecular flexibility index (Phi) is 9.15. The average molecular weight is 762 g/mol. The number of hydrogen-bond acceptors (Lipinski definition) is 6. The second kappa shape index (κ2) is 12.7. The van der Waals surface area contributed by atoms with Crippen LogP contribution in [-0.2, 0) is 31.6 Å². The van der Waals surface area contributed by atoms with Crippen LogP contribution in [0.5, 0.6) is 0 Å². The fourth-order valence-electron chi connectivity index (χ4n) is 13.5. The molecule has 2 aromatic rings. The van der Waals surface area contributed by atoms with Gasteiger partial charge in [-0.2, -0.15) is 4.68 Å². The minimum atomic E-state index is -1.18. The monoisotopic (exact) mass is 761 g/mol. The summed E-state index contributed by atoms with van der Waals surface area (Å²) in [7, 11) is 1.92. The number of carbonyl (C=O) groups excluding carboxylic acids is 2. The second-order valence-electron chi connectivity index (χ2n) is 20.0. The first-order chi connectivity index (χ1) is 25.0. The van der Waals surface area contributed by atoms with E-state index in [-0.39, 0.29) is 57.4 Å². The summed E-state index contributed by atoms with van der Waals surface area (Å²) in [4.78, 5) is 57.4. The van der Waals surface area contributed by atoms with Gasteiger partial charge in [0, 0.05) is 36.6 Å². The number of carboxylic acids is 1. The number of carboxylic acid groups (broad SMARTS) is 1. The van der Waals surface area contributed by atoms with Crippen LogP contribution in [0.2, 0.25) is 5.02 Å². The van der Waals surface area contributed by atoms with Crippen molar-refractivity contribution < 1.29 is 24.2 Å². The molecule has 2 aromatic heterocycles. The van der Waals surface area contributed by atoms with E-state index in [9.17, 15) is 24.3 Å². The van der Waals surface area contributed by atoms with Gasteiger partial charge in [-0.3, -0.25) is 23.9 Å². The number of nitrogens with zero attached hydrogens (tertiary/aromatic N) is 3. The van der Waals surface area contributed by atoms with Gasteiger partial charge in [0.25, 0.3) is 5.56 Å². The molecule has 0 saturated heterocycles. The van der Waals surface area contributed by atoms with E-state index < -0.39 is 22.8 Å². The van der Waals surface area contributed by atoms with Gasteiger partial charge in [0.2, 0.25) is 0 Å². The first-order valence-electron chi connectivity index (χ1n) is 20.2. The molecule has 5 aliphatic carbocycles. The largest absolute Gasteiger partial charge is 0.481 e. The number of halogens is 1. The molecular weight excluding hydrogens is 702 g/mol. The topological polar surface area (TPSA) is 120 Å². The van der Waals surface area contributed by atoms with E-state index in [1.54, 1.807) is 42.9 Å². The molecule has 7 rings (SSSR count). The van der Waals surface area contributed by atoms with E-state index in [4.69, 9.17) is 16.3 Å². The highest BCUT2D eigenvalue weighted by Crippen LogP contribution is 2.76. The molecule has 294 valence electrons. The Hall–Kier alpha value is -3.20. The molecule has 0 radical (unpaired) electrons. The lowest BCUT2D eigenvalue weighted by Crippen LogP contribution is -2.66. The average Bonchev–Trinajstić information content (AvgIpc) is 3.55. The number of Topliss-reactive ketones (excluding diaryl/α,β-unsaturated/α-hetero) is 1. The smallest absolute Gasteiger partial charge is 0.309 e. The zero-order valence-electron chi connectivity index (χ0n) is 34.0. The molecule has 4 fully saturated rings. The number of carbonyl (C=O) groups is 3. The predicted molar refractivity (Wildman–Crippen MR) is 208 cm³/mol. The summed E-state index contributed by atoms with van der Waals surface area (Å²) in [6.45, 7) is 19.6. The van der Waals surface area contributed by atoms with Crippen LogP contribution in [0, 0.1) is 50.7 Å². The molecule has 0 aliphatic heterocycles. The molecule has 2 heterocycles. The van der Waals surface area contributed by atoms with Crippen LogP contribution < -0.4 is 5.56 Å². The van der Waals surface area contributed by atoms with Crippen LogP contribution in [0.15, 0.2) is 40.3 Å². The zero-order valence-corrected chi connectivity index (χ0v) is 34.7. The lowest BCUT2D eigenvalue weighted by molar-refractivity contribution is -0.232. The third kappa shape index (κ3) is 5.39. The van der Waals surface area contributed by atoms with Gasteiger partial charge >= 0.3 is 11.9 Å². The summed E-state index contributed by atoms with van der Waals surface area (Å²) in [5.41, 5.74) is 1.02. The molecule has 0 spiro atoms. The van der Waals surface area contributed by atoms with Gasteiger partial charge < -0.3 is 9.84 Å². The van der Waals surface area contributed by atoms with Gasteiger partial charge in [0.05, 0.1) is 22.6 Å². The Labute approximate surface area is 325 Å². The normalized spacial score (nSPS) is 36.0. The van der Waals surface area contributed by atoms with Gasteiger partial charge in [-0.1, -0.05) is 60.1 Å². The number of aromatic nitrogens is 3. The number of pyridine rings is 1. The first-order valence-corrected chi connectivity index (χ1v) is 20.5. The van der Waals surface area contributed by atoms with E-state index in [0.29, 0.717) is 29.1 Å². The highest BCUT2D eigenvalue weighted by atomic mass is 35.5. The molecule has 5 aliphatic rings. The Morgan fingerprint density at radius 2 is 1.69 bits per heavy atom. The summed E-state index contributed by atoms with van der Waals surface area (Å²) < 4.78 is 9.72. The maximum atomic E-state index is 14.3. The Morgan fingerprint density at radius 1 is 0.981 bits per heavy atom. The number of ether oxygens (including phenoxy) is 1. The van der Waals surface area contributed by atoms with E-state index in [1.165, 1.54) is 5.57 Å². The lowest BCUT2D eigenvalue weighted by Gasteiger charge is -2.72. The summed E-state index contributed by atoms with van der Waals surface area (Å²) in [5, 5.41) is 10.1. The van der Waals surface area contributed by atoms with E-state index in [2.05, 4.69) is 53.5 Å². The quantitative estimate of drug-likeness (QED) is 0.280. The van der Waals surface area contributed by atoms with Crippen LogP contribution in [0.3, 0.4) is 0 Å². The van der Waals surface area contributed by atoms with E-state index in [0.717, 1.165) is 62.6 Å². The summed E-state index contributed by atoms with van der Waals surface area (Å²) in [6.07, 6.45) is 9.18. The van der Waals surface area contributed by atoms with Gasteiger partial charge in [-0.05, 0) is 128 Å². The van der Waals surface area contributed by atoms with E-state index >= 15 is 0 Å². The molecule has 54 heavy (non-hydrogen) atoms. The zero-order chi connectivity index (χ0) is 39.6. The molecule has 1 N–H and O–H groups in total. The maximum absolute atomic E-state index is 14.3. The van der Waals surface area contributed by atoms with Crippen LogP contribution in [-0.4, -0.2) is 43.3 Å². The fraction of sp³-hybridized carbons (Fsp3) is 0.705. The number of aliphatic carboxylic acids is 1. The van der Waals surface area contributed by atoms with Crippen molar-refractivity contribution >= 4 is 29.3 Å². The highest BCUT2D eigenvalue weighted by molar-refractivity contribution is 6.30. The van der Waals surface area contributed by atoms with Gasteiger partial charge in [0.15, 0.2) is 11.6 Å². The standard InChI is InChI=1S/C44H60ClN3O6/c1-25(2)36-28(49)22-44(31-21-34(50)48(47(31)10)33-14-11-26(45)24-46-33)20-19-42(8)27(37(36)44)12-13-30-41(7)17-16-32(54-35(51)23-39(3,4)38(52)53)40(5,6)29(41)15-18-43(30,42)9/h11,14,21,24-25,27,29-30,32H,12-13,15-20,22-23H2,1-10H3,(H,52,53)/t27-,29+,30-,32+,41+,42-,43-,44+/m1/s1. The van der Waals surface area contributed by atoms with Crippen molar-refractivity contribution in [3.63, 3.8) is 0 Å². The van der Waals surface area contributed by atoms with Crippen molar-refractivity contribution in [1.29, 1.82) is 0 Å². The maximum Gasteiger partial charge on any atom is 0.309 e. The predicted octanol–water partition coefficient (Wildman–Crippen LogP) is 8.87. The van der Waals surface area contributed by atoms with Crippen molar-refractivity contribution in [3.05, 3.63) is 56.6 Å². The second-order valence-corrected chi connectivity index (χ2v) is 20.5. The van der Waals surface area contributed by atoms with Crippen molar-refractivity contribution in [3.8, 4) is 5.82 Å². The summed E-state index contributed by atoms with van der Waals surface area (Å²) in [6, 6.07) is 5.26. The third-order valence-corrected chi connectivity index (χ3v) is 16.6. The fourth-order valence-corrected chi connectivity index (χ4v) is 13.6. The van der Waals surface area contributed by atoms with Gasteiger partial charge in [-0.25, -0.2) is 4.98 Å². The lowest BCUT2D eigenvalue weighted by atomic mass is 9.33. The molecule has 0 bridgehead atoms. The van der Waals surface area contributed by atoms with Crippen LogP contribution in [0.25, 0.3) is 5.82 Å². The molecule has 10 heteroatoms. The number of allylic oxidation sites excluding steroid dienone is 2. The van der Waals surface area contributed by atoms with Crippen LogP contribution in [0.1, 0.15) is 132 Å². The minimum Gasteiger partial charge on any atom is -0.481 e. The summed E-state index contributed by atoms with van der Waals surface area (Å²) >= 11 is 6.15. The molecule has 9 nitrogen and oxygen atoms in total. The molecule has 4 saturated carbocycles. The van der Waals surface area contributed by atoms with Gasteiger partial charge in [0.1, 0.15) is 6.10 Å². The Balaban J connectivity index is 1.24. The highest BCUT2D eigenvalue weighted by Gasteiger charge is 2.70. The van der Waals surface area contributed by atoms with Gasteiger partial charge in [-0.15, -0.1) is 0 Å². The third-order valence-electron chi connectivity index (χ3n) is 16.3. The van der Waals surface area contributed by atoms with Crippen molar-refractivity contribution in [2.75, 3.05) is 0 Å². The van der Waals surface area contributed by atoms with E-state index in [1.807, 2.05) is 11.7 Å². The molecule has 0 unspecified atom stereocenters. The first kappa shape index (κ1) is 39.1. The van der Waals surface area contributed by atoms with Crippen LogP contribution in [0.4, 0.5) is 0 Å². The van der Waals surface area contributed by atoms with Crippen molar-refractivity contribution in [2.24, 2.45) is 57.8 Å². The molecule has 0 amide bonds. The number of rotatable bonds is 7. The SMILES string of the molecule is CC(C)C1=C2[C@H]3CC[C@@H]4[C@@]5(C)CC[C@H](OC(=O)CC(C)(C)C(=O)O)C(C)(C)[C@@H]5CC[C@@]4(C)[C@]3(C)CC[C@@]2(c2cc(=O)n(-c3ccc(Cl)cn3)n2C)CC1=O. The molecule has 0 aromatic carbocycles. The molecular formula is C44H60ClN3O6. The number of esters is 1. The Morgan fingerprint density at radius 3 is 2.31 bits per heavy atom. The molecule has 8 atom stereocenters. The van der Waals surface area contributed by atoms with Crippen molar-refractivity contribution in [2.45, 2.75) is 138 Å².